The smallest absolute Gasteiger partial charge is 0.197 e. The molecule has 0 aliphatic carbocycles. The maximum absolute atomic E-state index is 6.14. The summed E-state index contributed by atoms with van der Waals surface area (Å²) in [5, 5.41) is 1.31. The van der Waals surface area contributed by atoms with Gasteiger partial charge in [-0.25, -0.2) is 24.9 Å². The van der Waals surface area contributed by atoms with E-state index in [1.807, 2.05) is 36.6 Å². The molecule has 8 heteroatoms. The van der Waals surface area contributed by atoms with Crippen LogP contribution in [0.15, 0.2) is 48.0 Å². The van der Waals surface area contributed by atoms with Crippen LogP contribution >= 0.6 is 23.4 Å². The van der Waals surface area contributed by atoms with Crippen LogP contribution in [0.5, 0.6) is 0 Å². The summed E-state index contributed by atoms with van der Waals surface area (Å²) in [5.41, 5.74) is 4.06. The van der Waals surface area contributed by atoms with Crippen molar-refractivity contribution >= 4 is 34.7 Å². The Kier molecular flexibility index (Phi) is 3.87. The first-order valence-corrected chi connectivity index (χ1v) is 8.69. The number of thioether (sulfide) groups is 1. The van der Waals surface area contributed by atoms with E-state index in [1.54, 1.807) is 12.5 Å². The number of aromatic nitrogens is 6. The van der Waals surface area contributed by atoms with Crippen LogP contribution in [0.1, 0.15) is 0 Å². The van der Waals surface area contributed by atoms with Crippen molar-refractivity contribution in [1.82, 2.24) is 29.9 Å². The standard InChI is InChI=1S/C16H11ClN6S/c1-24-16-18-6-5-11(21-16)13-12(9-3-2-4-10(17)7-9)22-14-15(23-13)20-8-19-14/h2-8H,1H3,(H,19,20,22,23). The molecule has 0 bridgehead atoms. The van der Waals surface area contributed by atoms with Gasteiger partial charge in [0.15, 0.2) is 16.5 Å². The van der Waals surface area contributed by atoms with Gasteiger partial charge in [-0.3, -0.25) is 0 Å². The van der Waals surface area contributed by atoms with Crippen molar-refractivity contribution in [3.8, 4) is 22.6 Å². The van der Waals surface area contributed by atoms with Crippen LogP contribution in [-0.2, 0) is 0 Å². The number of H-pyrrole nitrogens is 1. The van der Waals surface area contributed by atoms with E-state index >= 15 is 0 Å². The summed E-state index contributed by atoms with van der Waals surface area (Å²) in [6.45, 7) is 0. The predicted octanol–water partition coefficient (Wildman–Crippen LogP) is 3.85. The van der Waals surface area contributed by atoms with Crippen LogP contribution in [0, 0.1) is 0 Å². The lowest BCUT2D eigenvalue weighted by atomic mass is 10.1. The van der Waals surface area contributed by atoms with Crippen LogP contribution in [0.2, 0.25) is 5.02 Å². The van der Waals surface area contributed by atoms with Gasteiger partial charge in [0.25, 0.3) is 0 Å². The van der Waals surface area contributed by atoms with E-state index in [2.05, 4.69) is 29.9 Å². The monoisotopic (exact) mass is 354 g/mol. The molecule has 6 nitrogen and oxygen atoms in total. The molecule has 0 amide bonds. The number of hydrogen-bond donors (Lipinski definition) is 1. The summed E-state index contributed by atoms with van der Waals surface area (Å²) in [5.74, 6) is 0. The van der Waals surface area contributed by atoms with Gasteiger partial charge < -0.3 is 4.98 Å². The Hall–Kier alpha value is -2.51. The number of hydrogen-bond acceptors (Lipinski definition) is 6. The molecule has 0 aliphatic rings. The first-order valence-electron chi connectivity index (χ1n) is 7.09. The zero-order valence-electron chi connectivity index (χ0n) is 12.6. The molecule has 0 spiro atoms. The molecular weight excluding hydrogens is 344 g/mol. The molecule has 1 N–H and O–H groups in total. The second kappa shape index (κ2) is 6.18. The zero-order valence-corrected chi connectivity index (χ0v) is 14.1. The maximum Gasteiger partial charge on any atom is 0.197 e. The number of imidazole rings is 1. The Labute approximate surface area is 146 Å². The molecular formula is C16H11ClN6S. The summed E-state index contributed by atoms with van der Waals surface area (Å²) in [6.07, 6.45) is 5.22. The minimum atomic E-state index is 0.542. The SMILES string of the molecule is CSc1nccc(-c2nc3nc[nH]c3nc2-c2cccc(Cl)c2)n1. The largest absolute Gasteiger partial charge is 0.328 e. The van der Waals surface area contributed by atoms with Crippen LogP contribution in [0.3, 0.4) is 0 Å². The molecule has 4 rings (SSSR count). The van der Waals surface area contributed by atoms with Gasteiger partial charge in [0.1, 0.15) is 11.4 Å². The summed E-state index contributed by atoms with van der Waals surface area (Å²) in [7, 11) is 0. The topological polar surface area (TPSA) is 80.2 Å². The number of nitrogens with one attached hydrogen (secondary N) is 1. The third kappa shape index (κ3) is 2.72. The van der Waals surface area contributed by atoms with Gasteiger partial charge in [-0.2, -0.15) is 0 Å². The molecule has 0 saturated heterocycles. The van der Waals surface area contributed by atoms with E-state index < -0.39 is 0 Å². The lowest BCUT2D eigenvalue weighted by molar-refractivity contribution is 0.971. The van der Waals surface area contributed by atoms with Crippen molar-refractivity contribution in [3.05, 3.63) is 47.9 Å². The molecule has 3 heterocycles. The Bertz CT molecular complexity index is 1030. The van der Waals surface area contributed by atoms with Crippen LogP contribution in [0.25, 0.3) is 33.9 Å². The molecule has 0 atom stereocenters. The molecule has 0 radical (unpaired) electrons. The fourth-order valence-electron chi connectivity index (χ4n) is 2.35. The molecule has 24 heavy (non-hydrogen) atoms. The van der Waals surface area contributed by atoms with Gasteiger partial charge in [-0.1, -0.05) is 35.5 Å². The zero-order chi connectivity index (χ0) is 16.5. The Morgan fingerprint density at radius 1 is 1.04 bits per heavy atom. The van der Waals surface area contributed by atoms with Gasteiger partial charge >= 0.3 is 0 Å². The Balaban J connectivity index is 2.00. The summed E-state index contributed by atoms with van der Waals surface area (Å²) >= 11 is 7.61. The average molecular weight is 355 g/mol. The molecule has 1 aromatic carbocycles. The van der Waals surface area contributed by atoms with Crippen molar-refractivity contribution in [1.29, 1.82) is 0 Å². The number of nitrogens with zero attached hydrogens (tertiary/aromatic N) is 5. The quantitative estimate of drug-likeness (QED) is 0.444. The van der Waals surface area contributed by atoms with Crippen molar-refractivity contribution in [2.75, 3.05) is 6.26 Å². The summed E-state index contributed by atoms with van der Waals surface area (Å²) in [6, 6.07) is 9.32. The van der Waals surface area contributed by atoms with Crippen LogP contribution in [0.4, 0.5) is 0 Å². The number of aromatic amines is 1. The van der Waals surface area contributed by atoms with E-state index in [4.69, 9.17) is 11.6 Å². The fraction of sp³-hybridized carbons (Fsp3) is 0.0625. The second-order valence-corrected chi connectivity index (χ2v) is 6.14. The molecule has 0 fully saturated rings. The first-order chi connectivity index (χ1) is 11.7. The molecule has 4 aromatic rings. The normalized spacial score (nSPS) is 11.1. The van der Waals surface area contributed by atoms with Crippen molar-refractivity contribution in [2.45, 2.75) is 5.16 Å². The average Bonchev–Trinajstić information content (AvgIpc) is 3.08. The highest BCUT2D eigenvalue weighted by molar-refractivity contribution is 7.98. The molecule has 118 valence electrons. The summed E-state index contributed by atoms with van der Waals surface area (Å²) in [4.78, 5) is 25.3. The molecule has 0 saturated carbocycles. The Morgan fingerprint density at radius 3 is 2.79 bits per heavy atom. The lowest BCUT2D eigenvalue weighted by Crippen LogP contribution is -1.98. The Morgan fingerprint density at radius 2 is 1.96 bits per heavy atom. The van der Waals surface area contributed by atoms with Crippen molar-refractivity contribution < 1.29 is 0 Å². The van der Waals surface area contributed by atoms with Crippen molar-refractivity contribution in [3.63, 3.8) is 0 Å². The first kappa shape index (κ1) is 15.0. The predicted molar refractivity (Wildman–Crippen MR) is 94.9 cm³/mol. The van der Waals surface area contributed by atoms with Gasteiger partial charge in [-0.05, 0) is 24.5 Å². The van der Waals surface area contributed by atoms with Gasteiger partial charge in [0, 0.05) is 16.8 Å². The number of fused-ring (bicyclic) bond motifs is 1. The number of benzene rings is 1. The van der Waals surface area contributed by atoms with Gasteiger partial charge in [0.2, 0.25) is 0 Å². The van der Waals surface area contributed by atoms with E-state index in [-0.39, 0.29) is 0 Å². The number of rotatable bonds is 3. The molecule has 0 unspecified atom stereocenters. The second-order valence-electron chi connectivity index (χ2n) is 4.93. The van der Waals surface area contributed by atoms with E-state index in [0.717, 1.165) is 5.56 Å². The highest BCUT2D eigenvalue weighted by atomic mass is 35.5. The highest BCUT2D eigenvalue weighted by Crippen LogP contribution is 2.30. The van der Waals surface area contributed by atoms with E-state index in [9.17, 15) is 0 Å². The molecule has 3 aromatic heterocycles. The minimum Gasteiger partial charge on any atom is -0.328 e. The fourth-order valence-corrected chi connectivity index (χ4v) is 2.90. The third-order valence-electron chi connectivity index (χ3n) is 3.42. The number of halogens is 1. The maximum atomic E-state index is 6.14. The van der Waals surface area contributed by atoms with E-state index in [1.165, 1.54) is 11.8 Å². The third-order valence-corrected chi connectivity index (χ3v) is 4.22. The summed E-state index contributed by atoms with van der Waals surface area (Å²) < 4.78 is 0. The molecule has 0 aliphatic heterocycles. The van der Waals surface area contributed by atoms with Gasteiger partial charge in [0.05, 0.1) is 12.0 Å². The van der Waals surface area contributed by atoms with Crippen molar-refractivity contribution in [2.24, 2.45) is 0 Å². The highest BCUT2D eigenvalue weighted by Gasteiger charge is 2.16. The van der Waals surface area contributed by atoms with E-state index in [0.29, 0.717) is 38.6 Å². The van der Waals surface area contributed by atoms with Crippen LogP contribution < -0.4 is 0 Å². The minimum absolute atomic E-state index is 0.542. The van der Waals surface area contributed by atoms with Gasteiger partial charge in [-0.15, -0.1) is 0 Å². The van der Waals surface area contributed by atoms with Crippen LogP contribution in [-0.4, -0.2) is 36.2 Å². The lowest BCUT2D eigenvalue weighted by Gasteiger charge is -2.08.